The highest BCUT2D eigenvalue weighted by Gasteiger charge is 2.21. The lowest BCUT2D eigenvalue weighted by atomic mass is 9.95. The molecular formula is C12H23N2O+. The number of hydrogen-bond donors (Lipinski definition) is 2. The van der Waals surface area contributed by atoms with E-state index in [1.54, 1.807) is 0 Å². The van der Waals surface area contributed by atoms with E-state index in [1.165, 1.54) is 62.9 Å². The van der Waals surface area contributed by atoms with Crippen molar-refractivity contribution in [2.45, 2.75) is 51.0 Å². The van der Waals surface area contributed by atoms with Crippen LogP contribution in [0.15, 0.2) is 0 Å². The van der Waals surface area contributed by atoms with Crippen molar-refractivity contribution in [2.75, 3.05) is 19.6 Å². The Morgan fingerprint density at radius 3 is 2.40 bits per heavy atom. The standard InChI is InChI=1S/C12H22N2O/c15-12(10-14-8-4-5-9-14)13-11-6-2-1-3-7-11/h11H,1-10H2,(H,13,15)/p+1. The highest BCUT2D eigenvalue weighted by molar-refractivity contribution is 5.77. The lowest BCUT2D eigenvalue weighted by Gasteiger charge is -2.23. The molecular weight excluding hydrogens is 188 g/mol. The molecule has 2 rings (SSSR count). The van der Waals surface area contributed by atoms with E-state index in [1.807, 2.05) is 0 Å². The summed E-state index contributed by atoms with van der Waals surface area (Å²) in [6.45, 7) is 3.09. The van der Waals surface area contributed by atoms with Crippen LogP contribution in [-0.4, -0.2) is 31.6 Å². The van der Waals surface area contributed by atoms with Crippen LogP contribution in [0.5, 0.6) is 0 Å². The zero-order valence-electron chi connectivity index (χ0n) is 9.56. The van der Waals surface area contributed by atoms with E-state index in [-0.39, 0.29) is 5.91 Å². The number of carbonyl (C=O) groups excluding carboxylic acids is 1. The molecule has 1 saturated carbocycles. The first kappa shape index (κ1) is 10.9. The van der Waals surface area contributed by atoms with E-state index in [0.29, 0.717) is 12.6 Å². The Bertz CT molecular complexity index is 206. The van der Waals surface area contributed by atoms with Gasteiger partial charge in [-0.2, -0.15) is 0 Å². The number of hydrogen-bond acceptors (Lipinski definition) is 1. The normalized spacial score (nSPS) is 24.3. The minimum atomic E-state index is 0.277. The van der Waals surface area contributed by atoms with Crippen molar-refractivity contribution in [3.05, 3.63) is 0 Å². The van der Waals surface area contributed by atoms with Crippen LogP contribution in [0.4, 0.5) is 0 Å². The van der Waals surface area contributed by atoms with Gasteiger partial charge in [0, 0.05) is 18.9 Å². The van der Waals surface area contributed by atoms with Gasteiger partial charge in [-0.3, -0.25) is 4.79 Å². The summed E-state index contributed by atoms with van der Waals surface area (Å²) in [5.74, 6) is 0.277. The first-order valence-electron chi connectivity index (χ1n) is 6.47. The van der Waals surface area contributed by atoms with Crippen LogP contribution in [0, 0.1) is 0 Å². The summed E-state index contributed by atoms with van der Waals surface area (Å²) in [5.41, 5.74) is 0. The summed E-state index contributed by atoms with van der Waals surface area (Å²) >= 11 is 0. The second-order valence-electron chi connectivity index (χ2n) is 5.04. The molecule has 0 unspecified atom stereocenters. The number of nitrogens with one attached hydrogen (secondary N) is 2. The molecule has 0 radical (unpaired) electrons. The maximum Gasteiger partial charge on any atom is 0.275 e. The van der Waals surface area contributed by atoms with Gasteiger partial charge in [0.15, 0.2) is 6.54 Å². The SMILES string of the molecule is O=C(C[NH+]1CCCC1)NC1CCCCC1. The topological polar surface area (TPSA) is 33.5 Å². The first-order chi connectivity index (χ1) is 7.34. The lowest BCUT2D eigenvalue weighted by Crippen LogP contribution is -3.11. The molecule has 86 valence electrons. The summed E-state index contributed by atoms with van der Waals surface area (Å²) in [6, 6.07) is 0.480. The fourth-order valence-corrected chi connectivity index (χ4v) is 2.80. The van der Waals surface area contributed by atoms with Crippen LogP contribution in [-0.2, 0) is 4.79 Å². The smallest absolute Gasteiger partial charge is 0.275 e. The summed E-state index contributed by atoms with van der Waals surface area (Å²) in [4.78, 5) is 13.2. The molecule has 2 aliphatic rings. The third kappa shape index (κ3) is 3.49. The molecule has 1 aliphatic heterocycles. The summed E-state index contributed by atoms with van der Waals surface area (Å²) in [5, 5.41) is 3.19. The number of amides is 1. The number of carbonyl (C=O) groups is 1. The largest absolute Gasteiger partial charge is 0.348 e. The van der Waals surface area contributed by atoms with Gasteiger partial charge in [-0.1, -0.05) is 19.3 Å². The summed E-state index contributed by atoms with van der Waals surface area (Å²) < 4.78 is 0. The molecule has 15 heavy (non-hydrogen) atoms. The van der Waals surface area contributed by atoms with Gasteiger partial charge in [-0.15, -0.1) is 0 Å². The maximum absolute atomic E-state index is 11.7. The molecule has 2 fully saturated rings. The molecule has 0 aromatic rings. The molecule has 0 bridgehead atoms. The molecule has 1 heterocycles. The predicted molar refractivity (Wildman–Crippen MR) is 59.8 cm³/mol. The first-order valence-corrected chi connectivity index (χ1v) is 6.47. The van der Waals surface area contributed by atoms with E-state index < -0.39 is 0 Å². The van der Waals surface area contributed by atoms with Gasteiger partial charge in [-0.25, -0.2) is 0 Å². The average Bonchev–Trinajstić information content (AvgIpc) is 2.71. The minimum Gasteiger partial charge on any atom is -0.348 e. The van der Waals surface area contributed by atoms with Crippen molar-refractivity contribution in [1.82, 2.24) is 5.32 Å². The highest BCUT2D eigenvalue weighted by Crippen LogP contribution is 2.16. The Morgan fingerprint density at radius 1 is 1.07 bits per heavy atom. The molecule has 1 saturated heterocycles. The van der Waals surface area contributed by atoms with E-state index >= 15 is 0 Å². The van der Waals surface area contributed by atoms with Crippen molar-refractivity contribution < 1.29 is 9.69 Å². The zero-order chi connectivity index (χ0) is 10.5. The Hall–Kier alpha value is -0.570. The molecule has 1 aliphatic carbocycles. The number of likely N-dealkylation sites (tertiary alicyclic amines) is 1. The Balaban J connectivity index is 1.66. The second kappa shape index (κ2) is 5.50. The van der Waals surface area contributed by atoms with Gasteiger partial charge in [-0.05, 0) is 12.8 Å². The fourth-order valence-electron chi connectivity index (χ4n) is 2.80. The van der Waals surface area contributed by atoms with Crippen molar-refractivity contribution in [2.24, 2.45) is 0 Å². The predicted octanol–water partition coefficient (Wildman–Crippen LogP) is 0.114. The maximum atomic E-state index is 11.7. The van der Waals surface area contributed by atoms with E-state index in [2.05, 4.69) is 5.32 Å². The molecule has 3 nitrogen and oxygen atoms in total. The van der Waals surface area contributed by atoms with Gasteiger partial charge >= 0.3 is 0 Å². The molecule has 0 spiro atoms. The van der Waals surface area contributed by atoms with Crippen LogP contribution in [0.25, 0.3) is 0 Å². The summed E-state index contributed by atoms with van der Waals surface area (Å²) in [7, 11) is 0. The highest BCUT2D eigenvalue weighted by atomic mass is 16.2. The fraction of sp³-hybridized carbons (Fsp3) is 0.917. The number of rotatable bonds is 3. The van der Waals surface area contributed by atoms with E-state index in [9.17, 15) is 4.79 Å². The van der Waals surface area contributed by atoms with Gasteiger partial charge in [0.05, 0.1) is 13.1 Å². The molecule has 0 aromatic heterocycles. The summed E-state index contributed by atoms with van der Waals surface area (Å²) in [6.07, 6.45) is 8.92. The van der Waals surface area contributed by atoms with Crippen molar-refractivity contribution in [1.29, 1.82) is 0 Å². The Morgan fingerprint density at radius 2 is 1.73 bits per heavy atom. The molecule has 0 atom stereocenters. The van der Waals surface area contributed by atoms with Crippen LogP contribution < -0.4 is 10.2 Å². The van der Waals surface area contributed by atoms with Gasteiger partial charge in [0.25, 0.3) is 5.91 Å². The molecule has 0 aromatic carbocycles. The van der Waals surface area contributed by atoms with Crippen LogP contribution in [0.3, 0.4) is 0 Å². The van der Waals surface area contributed by atoms with Gasteiger partial charge in [0.2, 0.25) is 0 Å². The van der Waals surface area contributed by atoms with Crippen LogP contribution in [0.2, 0.25) is 0 Å². The minimum absolute atomic E-state index is 0.277. The zero-order valence-corrected chi connectivity index (χ0v) is 9.56. The van der Waals surface area contributed by atoms with Crippen LogP contribution in [0.1, 0.15) is 44.9 Å². The monoisotopic (exact) mass is 211 g/mol. The average molecular weight is 211 g/mol. The van der Waals surface area contributed by atoms with E-state index in [4.69, 9.17) is 0 Å². The molecule has 3 heteroatoms. The van der Waals surface area contributed by atoms with Gasteiger partial charge < -0.3 is 10.2 Å². The van der Waals surface area contributed by atoms with E-state index in [0.717, 1.165) is 0 Å². The van der Waals surface area contributed by atoms with Crippen molar-refractivity contribution in [3.8, 4) is 0 Å². The van der Waals surface area contributed by atoms with Gasteiger partial charge in [0.1, 0.15) is 0 Å². The Labute approximate surface area is 92.2 Å². The third-order valence-electron chi connectivity index (χ3n) is 3.69. The number of quaternary nitrogens is 1. The van der Waals surface area contributed by atoms with Crippen molar-refractivity contribution in [3.63, 3.8) is 0 Å². The molecule has 1 amide bonds. The quantitative estimate of drug-likeness (QED) is 0.683. The second-order valence-corrected chi connectivity index (χ2v) is 5.04. The van der Waals surface area contributed by atoms with Crippen molar-refractivity contribution >= 4 is 5.91 Å². The third-order valence-corrected chi connectivity index (χ3v) is 3.69. The molecule has 2 N–H and O–H groups in total. The van der Waals surface area contributed by atoms with Crippen LogP contribution >= 0.6 is 0 Å². The Kier molecular flexibility index (Phi) is 4.01. The lowest BCUT2D eigenvalue weighted by molar-refractivity contribution is -0.879.